The van der Waals surface area contributed by atoms with Crippen LogP contribution in [0.2, 0.25) is 5.02 Å². The maximum atomic E-state index is 13.8. The van der Waals surface area contributed by atoms with Crippen LogP contribution >= 0.6 is 27.5 Å². The smallest absolute Gasteiger partial charge is 0.333 e. The molecule has 0 spiro atoms. The Bertz CT molecular complexity index is 1050. The largest absolute Gasteiger partial charge is 0.418 e. The Kier molecular flexibility index (Phi) is 6.89. The molecule has 0 aromatic heterocycles. The van der Waals surface area contributed by atoms with Crippen LogP contribution in [-0.2, 0) is 6.18 Å². The molecular formula is C17H11BrClF3N4O4. The minimum atomic E-state index is -5.14. The third kappa shape index (κ3) is 4.63. The highest BCUT2D eigenvalue weighted by Crippen LogP contribution is 2.49. The number of alkyl halides is 3. The van der Waals surface area contributed by atoms with Gasteiger partial charge in [0.25, 0.3) is 11.4 Å². The average molecular weight is 508 g/mol. The molecule has 8 nitrogen and oxygen atoms in total. The molecule has 0 saturated heterocycles. The van der Waals surface area contributed by atoms with E-state index in [4.69, 9.17) is 16.9 Å². The molecule has 0 radical (unpaired) electrons. The fourth-order valence-corrected chi connectivity index (χ4v) is 3.91. The number of anilines is 2. The van der Waals surface area contributed by atoms with Crippen molar-refractivity contribution in [2.24, 2.45) is 0 Å². The topological polar surface area (TPSA) is 113 Å². The number of nitrogens with zero attached hydrogens (tertiary/aromatic N) is 4. The van der Waals surface area contributed by atoms with Crippen molar-refractivity contribution in [3.05, 3.63) is 65.1 Å². The lowest BCUT2D eigenvalue weighted by atomic mass is 10.1. The molecule has 0 unspecified atom stereocenters. The lowest BCUT2D eigenvalue weighted by Crippen LogP contribution is -2.24. The van der Waals surface area contributed by atoms with Crippen molar-refractivity contribution in [3.63, 3.8) is 0 Å². The molecule has 158 valence electrons. The highest BCUT2D eigenvalue weighted by atomic mass is 79.9. The molecule has 2 aromatic carbocycles. The van der Waals surface area contributed by atoms with Gasteiger partial charge in [0.05, 0.1) is 43.8 Å². The Morgan fingerprint density at radius 2 is 1.80 bits per heavy atom. The quantitative estimate of drug-likeness (QED) is 0.332. The van der Waals surface area contributed by atoms with Crippen molar-refractivity contribution in [2.45, 2.75) is 19.5 Å². The van der Waals surface area contributed by atoms with Crippen LogP contribution < -0.4 is 4.90 Å². The van der Waals surface area contributed by atoms with E-state index in [1.54, 1.807) is 6.92 Å². The summed E-state index contributed by atoms with van der Waals surface area (Å²) in [5, 5.41) is 31.6. The maximum Gasteiger partial charge on any atom is 0.418 e. The number of benzene rings is 2. The third-order valence-electron chi connectivity index (χ3n) is 3.92. The normalized spacial score (nSPS) is 11.1. The molecule has 2 aromatic rings. The molecule has 13 heteroatoms. The Morgan fingerprint density at radius 3 is 2.23 bits per heavy atom. The van der Waals surface area contributed by atoms with Gasteiger partial charge in [0.15, 0.2) is 0 Å². The van der Waals surface area contributed by atoms with Gasteiger partial charge >= 0.3 is 6.18 Å². The van der Waals surface area contributed by atoms with Crippen molar-refractivity contribution >= 4 is 50.3 Å². The van der Waals surface area contributed by atoms with Gasteiger partial charge in [-0.3, -0.25) is 20.2 Å². The molecular weight excluding hydrogens is 497 g/mol. The van der Waals surface area contributed by atoms with E-state index in [-0.39, 0.29) is 39.8 Å². The Balaban J connectivity index is 2.98. The number of hydrogen-bond donors (Lipinski definition) is 0. The van der Waals surface area contributed by atoms with Gasteiger partial charge in [-0.25, -0.2) is 0 Å². The van der Waals surface area contributed by atoms with E-state index < -0.39 is 38.6 Å². The van der Waals surface area contributed by atoms with E-state index in [1.807, 2.05) is 6.07 Å². The molecule has 0 heterocycles. The van der Waals surface area contributed by atoms with Gasteiger partial charge in [0.1, 0.15) is 5.69 Å². The summed E-state index contributed by atoms with van der Waals surface area (Å²) in [5.74, 6) is 0. The zero-order valence-electron chi connectivity index (χ0n) is 15.0. The van der Waals surface area contributed by atoms with Crippen LogP contribution in [0.1, 0.15) is 24.5 Å². The molecule has 0 aliphatic carbocycles. The van der Waals surface area contributed by atoms with E-state index >= 15 is 0 Å². The predicted octanol–water partition coefficient (Wildman–Crippen LogP) is 6.36. The van der Waals surface area contributed by atoms with Crippen LogP contribution in [0, 0.1) is 31.6 Å². The number of rotatable bonds is 6. The van der Waals surface area contributed by atoms with E-state index in [1.165, 1.54) is 12.1 Å². The van der Waals surface area contributed by atoms with Crippen molar-refractivity contribution in [1.82, 2.24) is 0 Å². The van der Waals surface area contributed by atoms with Gasteiger partial charge in [-0.15, -0.1) is 0 Å². The summed E-state index contributed by atoms with van der Waals surface area (Å²) < 4.78 is 41.6. The van der Waals surface area contributed by atoms with Gasteiger partial charge < -0.3 is 4.90 Å². The average Bonchev–Trinajstić information content (AvgIpc) is 2.64. The first-order valence-corrected chi connectivity index (χ1v) is 9.30. The Hall–Kier alpha value is -2.91. The summed E-state index contributed by atoms with van der Waals surface area (Å²) in [6.07, 6.45) is -4.88. The maximum absolute atomic E-state index is 13.8. The second kappa shape index (κ2) is 8.85. The fraction of sp³-hybridized carbons (Fsp3) is 0.235. The summed E-state index contributed by atoms with van der Waals surface area (Å²) in [5.41, 5.74) is -4.53. The van der Waals surface area contributed by atoms with Crippen LogP contribution in [0.4, 0.5) is 35.9 Å². The standard InChI is InChI=1S/C17H11BrClF3N4O4/c1-2-3-24(16-12(18)4-9(8-23)5-13(16)19)15-11(17(20,21)22)6-10(25(27)28)7-14(15)26(29)30/h4-7H,2-3H2,1H3. The number of non-ortho nitro benzene ring substituents is 1. The van der Waals surface area contributed by atoms with E-state index in [2.05, 4.69) is 15.9 Å². The molecule has 0 fully saturated rings. The summed E-state index contributed by atoms with van der Waals surface area (Å²) in [4.78, 5) is 21.4. The first kappa shape index (κ1) is 23.4. The van der Waals surface area contributed by atoms with Crippen molar-refractivity contribution in [1.29, 1.82) is 5.26 Å². The molecule has 0 atom stereocenters. The molecule has 0 aliphatic heterocycles. The SMILES string of the molecule is CCCN(c1c(Cl)cc(C#N)cc1Br)c1c([N+](=O)[O-])cc([N+](=O)[O-])cc1C(F)(F)F. The van der Waals surface area contributed by atoms with Gasteiger partial charge in [0, 0.05) is 17.1 Å². The summed E-state index contributed by atoms with van der Waals surface area (Å²) in [7, 11) is 0. The van der Waals surface area contributed by atoms with Crippen molar-refractivity contribution in [3.8, 4) is 6.07 Å². The number of nitro groups is 2. The Morgan fingerprint density at radius 1 is 1.17 bits per heavy atom. The lowest BCUT2D eigenvalue weighted by Gasteiger charge is -2.29. The number of halogens is 5. The summed E-state index contributed by atoms with van der Waals surface area (Å²) in [6, 6.07) is 5.06. The number of hydrogen-bond acceptors (Lipinski definition) is 6. The van der Waals surface area contributed by atoms with Crippen LogP contribution in [0.25, 0.3) is 0 Å². The van der Waals surface area contributed by atoms with Gasteiger partial charge in [-0.05, 0) is 34.5 Å². The van der Waals surface area contributed by atoms with Crippen LogP contribution in [-0.4, -0.2) is 16.4 Å². The van der Waals surface area contributed by atoms with E-state index in [0.717, 1.165) is 4.90 Å². The third-order valence-corrected chi connectivity index (χ3v) is 4.81. The molecule has 0 N–H and O–H groups in total. The minimum Gasteiger partial charge on any atom is -0.333 e. The molecule has 2 rings (SSSR count). The second-order valence-electron chi connectivity index (χ2n) is 5.92. The van der Waals surface area contributed by atoms with Crippen molar-refractivity contribution in [2.75, 3.05) is 11.4 Å². The Labute approximate surface area is 180 Å². The monoisotopic (exact) mass is 506 g/mol. The van der Waals surface area contributed by atoms with E-state index in [0.29, 0.717) is 6.07 Å². The lowest BCUT2D eigenvalue weighted by molar-refractivity contribution is -0.394. The molecule has 0 amide bonds. The fourth-order valence-electron chi connectivity index (χ4n) is 2.80. The molecule has 30 heavy (non-hydrogen) atoms. The zero-order chi connectivity index (χ0) is 22.8. The first-order valence-electron chi connectivity index (χ1n) is 8.13. The van der Waals surface area contributed by atoms with Crippen LogP contribution in [0.15, 0.2) is 28.7 Å². The molecule has 0 aliphatic rings. The molecule has 0 bridgehead atoms. The molecule has 0 saturated carbocycles. The second-order valence-corrected chi connectivity index (χ2v) is 7.19. The van der Waals surface area contributed by atoms with Crippen LogP contribution in [0.5, 0.6) is 0 Å². The van der Waals surface area contributed by atoms with Gasteiger partial charge in [0.2, 0.25) is 0 Å². The van der Waals surface area contributed by atoms with Crippen molar-refractivity contribution < 1.29 is 23.0 Å². The summed E-state index contributed by atoms with van der Waals surface area (Å²) >= 11 is 9.34. The summed E-state index contributed by atoms with van der Waals surface area (Å²) in [6.45, 7) is 1.49. The number of nitro benzene ring substituents is 2. The van der Waals surface area contributed by atoms with Gasteiger partial charge in [-0.2, -0.15) is 18.4 Å². The highest BCUT2D eigenvalue weighted by molar-refractivity contribution is 9.10. The van der Waals surface area contributed by atoms with Gasteiger partial charge in [-0.1, -0.05) is 18.5 Å². The first-order chi connectivity index (χ1) is 13.9. The number of nitriles is 1. The minimum absolute atomic E-state index is 0.0417. The van der Waals surface area contributed by atoms with E-state index in [9.17, 15) is 33.4 Å². The van der Waals surface area contributed by atoms with Crippen LogP contribution in [0.3, 0.4) is 0 Å². The highest BCUT2D eigenvalue weighted by Gasteiger charge is 2.42. The zero-order valence-corrected chi connectivity index (χ0v) is 17.4. The predicted molar refractivity (Wildman–Crippen MR) is 106 cm³/mol.